The molecule has 1 heterocycles. The van der Waals surface area contributed by atoms with Crippen molar-refractivity contribution in [2.24, 2.45) is 10.4 Å². The minimum atomic E-state index is 0. The molecule has 0 atom stereocenters. The molecule has 1 aliphatic heterocycles. The van der Waals surface area contributed by atoms with Crippen molar-refractivity contribution in [2.75, 3.05) is 52.3 Å². The van der Waals surface area contributed by atoms with Gasteiger partial charge in [0, 0.05) is 39.5 Å². The molecule has 0 unspecified atom stereocenters. The van der Waals surface area contributed by atoms with E-state index in [1.165, 1.54) is 32.1 Å². The van der Waals surface area contributed by atoms with Crippen LogP contribution in [-0.4, -0.2) is 73.9 Å². The summed E-state index contributed by atoms with van der Waals surface area (Å²) >= 11 is 1.82. The summed E-state index contributed by atoms with van der Waals surface area (Å²) in [5, 5.41) is 3.45. The molecule has 0 aromatic heterocycles. The zero-order chi connectivity index (χ0) is 16.0. The highest BCUT2D eigenvalue weighted by Gasteiger charge is 2.41. The van der Waals surface area contributed by atoms with Gasteiger partial charge in [0.05, 0.1) is 0 Å². The SMILES string of the molecule is CSCCNC(=NCC(=O)N(C)C)N1CCC2(CCCC2)C1.I. The maximum absolute atomic E-state index is 11.8. The number of carbonyl (C=O) groups is 1. The quantitative estimate of drug-likeness (QED) is 0.300. The number of likely N-dealkylation sites (tertiary alicyclic amines) is 1. The third-order valence-corrected chi connectivity index (χ3v) is 5.47. The summed E-state index contributed by atoms with van der Waals surface area (Å²) in [4.78, 5) is 20.4. The van der Waals surface area contributed by atoms with E-state index in [1.54, 1.807) is 19.0 Å². The average Bonchev–Trinajstić information content (AvgIpc) is 3.13. The number of carbonyl (C=O) groups excluding carboxylic acids is 1. The number of nitrogens with one attached hydrogen (secondary N) is 1. The number of aliphatic imine (C=N–C) groups is 1. The Bertz CT molecular complexity index is 411. The Morgan fingerprint density at radius 1 is 1.30 bits per heavy atom. The second kappa shape index (κ2) is 9.96. The first-order valence-electron chi connectivity index (χ1n) is 8.29. The van der Waals surface area contributed by atoms with Crippen LogP contribution in [0.2, 0.25) is 0 Å². The number of amides is 1. The minimum absolute atomic E-state index is 0. The van der Waals surface area contributed by atoms with Gasteiger partial charge in [0.2, 0.25) is 5.91 Å². The van der Waals surface area contributed by atoms with Crippen LogP contribution in [0, 0.1) is 5.41 Å². The Labute approximate surface area is 162 Å². The van der Waals surface area contributed by atoms with E-state index in [-0.39, 0.29) is 36.4 Å². The normalized spacial score (nSPS) is 19.8. The Morgan fingerprint density at radius 3 is 2.61 bits per heavy atom. The van der Waals surface area contributed by atoms with Gasteiger partial charge in [0.15, 0.2) is 5.96 Å². The minimum Gasteiger partial charge on any atom is -0.355 e. The number of nitrogens with zero attached hydrogens (tertiary/aromatic N) is 3. The molecule has 23 heavy (non-hydrogen) atoms. The number of rotatable bonds is 5. The van der Waals surface area contributed by atoms with Crippen molar-refractivity contribution in [3.8, 4) is 0 Å². The standard InChI is InChI=1S/C16H30N4OS.HI/c1-19(2)14(21)12-18-15(17-9-11-22-3)20-10-8-16(13-20)6-4-5-7-16;/h4-13H2,1-3H3,(H,17,18);1H. The maximum Gasteiger partial charge on any atom is 0.243 e. The van der Waals surface area contributed by atoms with E-state index in [0.717, 1.165) is 31.3 Å². The first-order chi connectivity index (χ1) is 10.6. The lowest BCUT2D eigenvalue weighted by atomic mass is 9.86. The van der Waals surface area contributed by atoms with Gasteiger partial charge in [-0.05, 0) is 30.9 Å². The Hall–Kier alpha value is -0.180. The van der Waals surface area contributed by atoms with Crippen LogP contribution in [0.15, 0.2) is 4.99 Å². The number of hydrogen-bond acceptors (Lipinski definition) is 3. The molecule has 0 bridgehead atoms. The number of hydrogen-bond donors (Lipinski definition) is 1. The summed E-state index contributed by atoms with van der Waals surface area (Å²) in [5.41, 5.74) is 0.521. The van der Waals surface area contributed by atoms with E-state index < -0.39 is 0 Å². The lowest BCUT2D eigenvalue weighted by molar-refractivity contribution is -0.127. The highest BCUT2D eigenvalue weighted by molar-refractivity contribution is 14.0. The lowest BCUT2D eigenvalue weighted by Crippen LogP contribution is -2.42. The van der Waals surface area contributed by atoms with Crippen LogP contribution in [0.3, 0.4) is 0 Å². The zero-order valence-electron chi connectivity index (χ0n) is 14.6. The molecule has 0 aromatic carbocycles. The van der Waals surface area contributed by atoms with Gasteiger partial charge in [-0.1, -0.05) is 12.8 Å². The molecule has 0 aromatic rings. The third kappa shape index (κ3) is 5.99. The molecule has 1 saturated carbocycles. The Balaban J connectivity index is 0.00000264. The van der Waals surface area contributed by atoms with Gasteiger partial charge in [-0.25, -0.2) is 4.99 Å². The predicted molar refractivity (Wildman–Crippen MR) is 110 cm³/mol. The van der Waals surface area contributed by atoms with E-state index >= 15 is 0 Å². The molecule has 1 saturated heterocycles. The van der Waals surface area contributed by atoms with Crippen LogP contribution < -0.4 is 5.32 Å². The summed E-state index contributed by atoms with van der Waals surface area (Å²) in [6.07, 6.45) is 8.85. The number of guanidine groups is 1. The Morgan fingerprint density at radius 2 is 2.00 bits per heavy atom. The van der Waals surface area contributed by atoms with E-state index in [4.69, 9.17) is 0 Å². The summed E-state index contributed by atoms with van der Waals surface area (Å²) in [6.45, 7) is 3.31. The van der Waals surface area contributed by atoms with Crippen LogP contribution >= 0.6 is 35.7 Å². The molecule has 1 spiro atoms. The number of halogens is 1. The van der Waals surface area contributed by atoms with Crippen molar-refractivity contribution in [3.05, 3.63) is 0 Å². The van der Waals surface area contributed by atoms with Gasteiger partial charge in [-0.2, -0.15) is 11.8 Å². The molecule has 1 amide bonds. The first kappa shape index (κ1) is 20.9. The number of thioether (sulfide) groups is 1. The van der Waals surface area contributed by atoms with Gasteiger partial charge >= 0.3 is 0 Å². The largest absolute Gasteiger partial charge is 0.355 e. The fourth-order valence-corrected chi connectivity index (χ4v) is 3.77. The van der Waals surface area contributed by atoms with E-state index in [0.29, 0.717) is 5.41 Å². The highest BCUT2D eigenvalue weighted by atomic mass is 127. The van der Waals surface area contributed by atoms with Crippen molar-refractivity contribution in [3.63, 3.8) is 0 Å². The maximum atomic E-state index is 11.8. The van der Waals surface area contributed by atoms with Gasteiger partial charge in [-0.3, -0.25) is 4.79 Å². The molecule has 2 rings (SSSR count). The van der Waals surface area contributed by atoms with E-state index in [1.807, 2.05) is 11.8 Å². The second-order valence-corrected chi connectivity index (χ2v) is 7.71. The van der Waals surface area contributed by atoms with Crippen molar-refractivity contribution in [1.29, 1.82) is 0 Å². The molecule has 1 N–H and O–H groups in total. The van der Waals surface area contributed by atoms with Crippen LogP contribution in [0.1, 0.15) is 32.1 Å². The van der Waals surface area contributed by atoms with Gasteiger partial charge in [0.1, 0.15) is 6.54 Å². The molecule has 7 heteroatoms. The average molecular weight is 454 g/mol. The van der Waals surface area contributed by atoms with Crippen molar-refractivity contribution < 1.29 is 4.79 Å². The topological polar surface area (TPSA) is 47.9 Å². The van der Waals surface area contributed by atoms with Gasteiger partial charge in [-0.15, -0.1) is 24.0 Å². The van der Waals surface area contributed by atoms with Gasteiger partial charge in [0.25, 0.3) is 0 Å². The molecule has 2 aliphatic rings. The van der Waals surface area contributed by atoms with Crippen LogP contribution in [0.25, 0.3) is 0 Å². The van der Waals surface area contributed by atoms with Crippen LogP contribution in [-0.2, 0) is 4.79 Å². The molecule has 1 aliphatic carbocycles. The summed E-state index contributed by atoms with van der Waals surface area (Å²) in [5.74, 6) is 2.03. The van der Waals surface area contributed by atoms with Gasteiger partial charge < -0.3 is 15.1 Å². The lowest BCUT2D eigenvalue weighted by Gasteiger charge is -2.26. The number of likely N-dealkylation sites (N-methyl/N-ethyl adjacent to an activating group) is 1. The Kier molecular flexibility index (Phi) is 9.03. The van der Waals surface area contributed by atoms with Crippen LogP contribution in [0.5, 0.6) is 0 Å². The smallest absolute Gasteiger partial charge is 0.243 e. The van der Waals surface area contributed by atoms with Crippen molar-refractivity contribution >= 4 is 47.6 Å². The van der Waals surface area contributed by atoms with E-state index in [9.17, 15) is 4.79 Å². The zero-order valence-corrected chi connectivity index (χ0v) is 17.8. The van der Waals surface area contributed by atoms with Crippen LogP contribution in [0.4, 0.5) is 0 Å². The highest BCUT2D eigenvalue weighted by Crippen LogP contribution is 2.45. The molecule has 2 fully saturated rings. The summed E-state index contributed by atoms with van der Waals surface area (Å²) < 4.78 is 0. The fourth-order valence-electron chi connectivity index (χ4n) is 3.47. The van der Waals surface area contributed by atoms with Crippen molar-refractivity contribution in [1.82, 2.24) is 15.1 Å². The monoisotopic (exact) mass is 454 g/mol. The fraction of sp³-hybridized carbons (Fsp3) is 0.875. The molecular weight excluding hydrogens is 423 g/mol. The first-order valence-corrected chi connectivity index (χ1v) is 9.68. The summed E-state index contributed by atoms with van der Waals surface area (Å²) in [6, 6.07) is 0. The van der Waals surface area contributed by atoms with E-state index in [2.05, 4.69) is 21.5 Å². The predicted octanol–water partition coefficient (Wildman–Crippen LogP) is 2.27. The summed E-state index contributed by atoms with van der Waals surface area (Å²) in [7, 11) is 3.56. The molecule has 0 radical (unpaired) electrons. The molecule has 5 nitrogen and oxygen atoms in total. The molecule has 134 valence electrons. The van der Waals surface area contributed by atoms with Crippen molar-refractivity contribution in [2.45, 2.75) is 32.1 Å². The second-order valence-electron chi connectivity index (χ2n) is 6.73. The third-order valence-electron chi connectivity index (χ3n) is 4.85. The molecular formula is C16H31IN4OS.